The van der Waals surface area contributed by atoms with Gasteiger partial charge in [-0.05, 0) is 23.3 Å². The molecular weight excluding hydrogens is 530 g/mol. The largest absolute Gasteiger partial charge is 0.445 e. The fourth-order valence-electron chi connectivity index (χ4n) is 3.79. The molecule has 1 fully saturated rings. The van der Waals surface area contributed by atoms with Crippen LogP contribution in [0.4, 0.5) is 4.79 Å². The van der Waals surface area contributed by atoms with Crippen LogP contribution in [0.1, 0.15) is 11.1 Å². The van der Waals surface area contributed by atoms with Crippen molar-refractivity contribution in [1.29, 1.82) is 0 Å². The lowest BCUT2D eigenvalue weighted by Gasteiger charge is -2.43. The fraction of sp³-hybridized carbons (Fsp3) is 0.192. The average molecular weight is 556 g/mol. The highest BCUT2D eigenvalue weighted by molar-refractivity contribution is 8.00. The minimum absolute atomic E-state index is 0.00737. The zero-order valence-corrected chi connectivity index (χ0v) is 21.6. The maximum atomic E-state index is 13.3. The van der Waals surface area contributed by atoms with E-state index in [1.165, 1.54) is 0 Å². The second-order valence-corrected chi connectivity index (χ2v) is 10.8. The van der Waals surface area contributed by atoms with Crippen LogP contribution in [0.3, 0.4) is 0 Å². The van der Waals surface area contributed by atoms with Gasteiger partial charge in [0.15, 0.2) is 0 Å². The van der Waals surface area contributed by atoms with Gasteiger partial charge in [0.05, 0.1) is 0 Å². The third-order valence-electron chi connectivity index (χ3n) is 5.65. The molecule has 0 aromatic heterocycles. The molecule has 1 heterocycles. The van der Waals surface area contributed by atoms with Gasteiger partial charge in [0.1, 0.15) is 24.1 Å². The molecule has 3 atom stereocenters. The molecule has 1 aliphatic heterocycles. The van der Waals surface area contributed by atoms with Crippen LogP contribution in [0.15, 0.2) is 95.9 Å². The summed E-state index contributed by atoms with van der Waals surface area (Å²) in [5, 5.41) is 3.96. The Balaban J connectivity index is 1.48. The number of alkyl carbamates (subject to hydrolysis) is 1. The number of nitrogens with one attached hydrogen (secondary N) is 2. The lowest BCUT2D eigenvalue weighted by molar-refractivity contribution is -0.142. The molecule has 1 saturated heterocycles. The Labute approximate surface area is 224 Å². The van der Waals surface area contributed by atoms with E-state index in [2.05, 4.69) is 10.6 Å². The summed E-state index contributed by atoms with van der Waals surface area (Å²) in [7, 11) is -4.85. The van der Waals surface area contributed by atoms with Crippen molar-refractivity contribution in [3.63, 3.8) is 0 Å². The van der Waals surface area contributed by atoms with Gasteiger partial charge in [-0.3, -0.25) is 14.1 Å². The van der Waals surface area contributed by atoms with Gasteiger partial charge in [0.25, 0.3) is 5.91 Å². The Kier molecular flexibility index (Phi) is 8.66. The second-order valence-electron chi connectivity index (χ2n) is 8.37. The number of ether oxygens (including phenoxy) is 1. The highest BCUT2D eigenvalue weighted by Crippen LogP contribution is 2.37. The van der Waals surface area contributed by atoms with Gasteiger partial charge in [0, 0.05) is 11.3 Å². The smallest absolute Gasteiger partial charge is 0.408 e. The zero-order valence-electron chi connectivity index (χ0n) is 20.0. The molecule has 0 bridgehead atoms. The van der Waals surface area contributed by atoms with Crippen molar-refractivity contribution in [2.24, 2.45) is 0 Å². The second kappa shape index (κ2) is 12.1. The molecule has 0 unspecified atom stereocenters. The first kappa shape index (κ1) is 27.2. The van der Waals surface area contributed by atoms with Gasteiger partial charge in [-0.15, -0.1) is 0 Å². The van der Waals surface area contributed by atoms with E-state index in [9.17, 15) is 27.4 Å². The molecule has 10 nitrogen and oxygen atoms in total. The molecule has 4 rings (SSSR count). The average Bonchev–Trinajstić information content (AvgIpc) is 2.91. The van der Waals surface area contributed by atoms with Crippen molar-refractivity contribution >= 4 is 40.0 Å². The summed E-state index contributed by atoms with van der Waals surface area (Å²) in [5.41, 5.74) is 1.50. The Morgan fingerprint density at radius 2 is 1.47 bits per heavy atom. The molecule has 3 aromatic carbocycles. The van der Waals surface area contributed by atoms with Crippen LogP contribution < -0.4 is 10.6 Å². The van der Waals surface area contributed by atoms with Gasteiger partial charge in [-0.25, -0.2) is 4.79 Å². The van der Waals surface area contributed by atoms with Crippen LogP contribution in [0.2, 0.25) is 0 Å². The normalized spacial score (nSPS) is 17.7. The summed E-state index contributed by atoms with van der Waals surface area (Å²) >= 11 is 0.994. The van der Waals surface area contributed by atoms with Crippen LogP contribution in [0, 0.1) is 0 Å². The number of rotatable bonds is 10. The molecule has 38 heavy (non-hydrogen) atoms. The van der Waals surface area contributed by atoms with Crippen LogP contribution in [-0.2, 0) is 37.7 Å². The van der Waals surface area contributed by atoms with E-state index >= 15 is 0 Å². The predicted octanol–water partition coefficient (Wildman–Crippen LogP) is 2.77. The van der Waals surface area contributed by atoms with Crippen molar-refractivity contribution in [3.8, 4) is 0 Å². The number of carbonyl (C=O) groups is 3. The lowest BCUT2D eigenvalue weighted by atomic mass is 10.0. The van der Waals surface area contributed by atoms with Crippen LogP contribution in [-0.4, -0.2) is 52.6 Å². The van der Waals surface area contributed by atoms with Crippen LogP contribution in [0.5, 0.6) is 0 Å². The lowest BCUT2D eigenvalue weighted by Crippen LogP contribution is -2.71. The highest BCUT2D eigenvalue weighted by Gasteiger charge is 2.55. The standard InChI is InChI=1S/C26H25N3O7S2/c30-23(28-22-24(31)29(38(33,34)35)25(22)37-20-14-8-3-9-15-20)21(16-18-10-4-1-5-11-18)27-26(32)36-17-19-12-6-2-7-13-19/h1-15,21-22,25H,16-17H2,(H,27,32)(H,28,30)(H,33,34,35)/t21-,22+,25-/m0/s1. The molecular formula is C26H25N3O7S2. The fourth-order valence-corrected chi connectivity index (χ4v) is 6.08. The minimum Gasteiger partial charge on any atom is -0.445 e. The van der Waals surface area contributed by atoms with E-state index in [0.29, 0.717) is 9.20 Å². The maximum absolute atomic E-state index is 13.3. The summed E-state index contributed by atoms with van der Waals surface area (Å²) in [6.07, 6.45) is -0.744. The van der Waals surface area contributed by atoms with E-state index in [0.717, 1.165) is 22.9 Å². The summed E-state index contributed by atoms with van der Waals surface area (Å²) in [4.78, 5) is 39.1. The number of benzene rings is 3. The monoisotopic (exact) mass is 555 g/mol. The van der Waals surface area contributed by atoms with Gasteiger partial charge >= 0.3 is 16.4 Å². The molecule has 3 N–H and O–H groups in total. The van der Waals surface area contributed by atoms with Gasteiger partial charge in [0.2, 0.25) is 5.91 Å². The van der Waals surface area contributed by atoms with Crippen LogP contribution >= 0.6 is 11.8 Å². The van der Waals surface area contributed by atoms with Crippen molar-refractivity contribution in [2.75, 3.05) is 0 Å². The van der Waals surface area contributed by atoms with Crippen molar-refractivity contribution in [2.45, 2.75) is 35.4 Å². The van der Waals surface area contributed by atoms with Gasteiger partial charge < -0.3 is 15.4 Å². The number of β-lactam (4-membered cyclic amide) rings is 1. The maximum Gasteiger partial charge on any atom is 0.408 e. The molecule has 3 amide bonds. The molecule has 12 heteroatoms. The number of carbonyl (C=O) groups excluding carboxylic acids is 3. The Morgan fingerprint density at radius 1 is 0.921 bits per heavy atom. The van der Waals surface area contributed by atoms with Gasteiger partial charge in [-0.1, -0.05) is 90.6 Å². The van der Waals surface area contributed by atoms with E-state index in [-0.39, 0.29) is 13.0 Å². The Bertz CT molecular complexity index is 1370. The summed E-state index contributed by atoms with van der Waals surface area (Å²) in [6.45, 7) is -0.00737. The summed E-state index contributed by atoms with van der Waals surface area (Å²) in [6, 6.07) is 24.2. The van der Waals surface area contributed by atoms with Crippen molar-refractivity contribution in [1.82, 2.24) is 14.9 Å². The third kappa shape index (κ3) is 6.91. The number of amides is 3. The van der Waals surface area contributed by atoms with Crippen molar-refractivity contribution in [3.05, 3.63) is 102 Å². The van der Waals surface area contributed by atoms with E-state index in [1.807, 2.05) is 12.1 Å². The first-order valence-electron chi connectivity index (χ1n) is 11.6. The Morgan fingerprint density at radius 3 is 2.05 bits per heavy atom. The molecule has 0 aliphatic carbocycles. The SMILES string of the molecule is O=C(N[C@@H](Cc1ccccc1)C(=O)N[C@@H]1C(=O)N(S(=O)(=O)O)[C@H]1Sc1ccccc1)OCc1ccccc1. The van der Waals surface area contributed by atoms with E-state index in [1.54, 1.807) is 78.9 Å². The zero-order chi connectivity index (χ0) is 27.1. The molecule has 0 saturated carbocycles. The minimum atomic E-state index is -4.85. The molecule has 3 aromatic rings. The molecule has 0 radical (unpaired) electrons. The van der Waals surface area contributed by atoms with Crippen LogP contribution in [0.25, 0.3) is 0 Å². The topological polar surface area (TPSA) is 142 Å². The molecule has 198 valence electrons. The third-order valence-corrected chi connectivity index (χ3v) is 7.96. The number of nitrogens with zero attached hydrogens (tertiary/aromatic N) is 1. The number of hydrogen-bond donors (Lipinski definition) is 3. The van der Waals surface area contributed by atoms with Crippen molar-refractivity contribution < 1.29 is 32.1 Å². The predicted molar refractivity (Wildman–Crippen MR) is 140 cm³/mol. The first-order valence-corrected chi connectivity index (χ1v) is 13.8. The number of thioether (sulfide) groups is 1. The number of hydrogen-bond acceptors (Lipinski definition) is 7. The van der Waals surface area contributed by atoms with E-state index in [4.69, 9.17) is 4.74 Å². The Hall–Kier alpha value is -3.87. The quantitative estimate of drug-likeness (QED) is 0.256. The van der Waals surface area contributed by atoms with E-state index < -0.39 is 45.7 Å². The molecule has 0 spiro atoms. The summed E-state index contributed by atoms with van der Waals surface area (Å²) < 4.78 is 38.8. The molecule has 1 aliphatic rings. The van der Waals surface area contributed by atoms with Gasteiger partial charge in [-0.2, -0.15) is 12.7 Å². The highest BCUT2D eigenvalue weighted by atomic mass is 32.2. The first-order chi connectivity index (χ1) is 18.2. The summed E-state index contributed by atoms with van der Waals surface area (Å²) in [5.74, 6) is -1.70.